The summed E-state index contributed by atoms with van der Waals surface area (Å²) < 4.78 is 5.09. The van der Waals surface area contributed by atoms with Gasteiger partial charge in [-0.1, -0.05) is 20.3 Å². The van der Waals surface area contributed by atoms with Crippen LogP contribution < -0.4 is 10.1 Å². The first kappa shape index (κ1) is 12.1. The number of aromatic nitrogens is 2. The molecule has 1 N–H and O–H groups in total. The molecule has 4 heteroatoms. The van der Waals surface area contributed by atoms with Crippen molar-refractivity contribution in [1.29, 1.82) is 0 Å². The van der Waals surface area contributed by atoms with Crippen molar-refractivity contribution in [2.24, 2.45) is 5.41 Å². The lowest BCUT2D eigenvalue weighted by Crippen LogP contribution is -2.32. The normalized spacial score (nSPS) is 23.1. The average Bonchev–Trinajstić information content (AvgIpc) is 2.28. The van der Waals surface area contributed by atoms with E-state index in [-0.39, 0.29) is 0 Å². The van der Waals surface area contributed by atoms with E-state index in [0.717, 1.165) is 5.82 Å². The third kappa shape index (κ3) is 3.32. The Balaban J connectivity index is 2.00. The van der Waals surface area contributed by atoms with Gasteiger partial charge in [0.1, 0.15) is 12.1 Å². The van der Waals surface area contributed by atoms with Crippen molar-refractivity contribution in [2.75, 3.05) is 12.4 Å². The number of methoxy groups -OCH3 is 1. The summed E-state index contributed by atoms with van der Waals surface area (Å²) in [4.78, 5) is 8.23. The van der Waals surface area contributed by atoms with Gasteiger partial charge >= 0.3 is 0 Å². The lowest BCUT2D eigenvalue weighted by atomic mass is 9.75. The fourth-order valence-electron chi connectivity index (χ4n) is 2.56. The largest absolute Gasteiger partial charge is 0.481 e. The molecule has 0 bridgehead atoms. The van der Waals surface area contributed by atoms with Crippen LogP contribution in [-0.2, 0) is 0 Å². The summed E-state index contributed by atoms with van der Waals surface area (Å²) in [7, 11) is 1.62. The van der Waals surface area contributed by atoms with Gasteiger partial charge in [-0.25, -0.2) is 9.97 Å². The van der Waals surface area contributed by atoms with E-state index in [4.69, 9.17) is 4.74 Å². The van der Waals surface area contributed by atoms with Gasteiger partial charge in [-0.15, -0.1) is 0 Å². The molecule has 1 saturated carbocycles. The van der Waals surface area contributed by atoms with Crippen molar-refractivity contribution < 1.29 is 4.74 Å². The highest BCUT2D eigenvalue weighted by Gasteiger charge is 2.27. The summed E-state index contributed by atoms with van der Waals surface area (Å²) in [5, 5.41) is 3.48. The molecule has 0 amide bonds. The van der Waals surface area contributed by atoms with Crippen molar-refractivity contribution in [3.8, 4) is 5.88 Å². The van der Waals surface area contributed by atoms with E-state index in [1.807, 2.05) is 6.07 Å². The molecule has 2 rings (SSSR count). The second-order valence-electron chi connectivity index (χ2n) is 5.55. The Kier molecular flexibility index (Phi) is 3.50. The molecular weight excluding hydrogens is 214 g/mol. The van der Waals surface area contributed by atoms with E-state index in [1.165, 1.54) is 32.0 Å². The summed E-state index contributed by atoms with van der Waals surface area (Å²) in [5.74, 6) is 1.47. The predicted octanol–water partition coefficient (Wildman–Crippen LogP) is 2.87. The molecule has 1 aliphatic carbocycles. The van der Waals surface area contributed by atoms with E-state index in [1.54, 1.807) is 7.11 Å². The van der Waals surface area contributed by atoms with Gasteiger partial charge in [0.05, 0.1) is 7.11 Å². The molecule has 0 saturated heterocycles. The van der Waals surface area contributed by atoms with Crippen molar-refractivity contribution in [3.05, 3.63) is 12.4 Å². The summed E-state index contributed by atoms with van der Waals surface area (Å²) in [5.41, 5.74) is 0.438. The molecule has 1 fully saturated rings. The number of nitrogens with one attached hydrogen (secondary N) is 1. The van der Waals surface area contributed by atoms with Crippen LogP contribution in [0.4, 0.5) is 5.82 Å². The number of anilines is 1. The van der Waals surface area contributed by atoms with E-state index < -0.39 is 0 Å². The molecule has 0 spiro atoms. The molecule has 1 aromatic rings. The molecule has 0 radical (unpaired) electrons. The van der Waals surface area contributed by atoms with Gasteiger partial charge in [-0.05, 0) is 24.7 Å². The van der Waals surface area contributed by atoms with Gasteiger partial charge in [0.25, 0.3) is 0 Å². The molecule has 1 aliphatic rings. The van der Waals surface area contributed by atoms with E-state index in [0.29, 0.717) is 17.3 Å². The fourth-order valence-corrected chi connectivity index (χ4v) is 2.56. The first-order valence-corrected chi connectivity index (χ1v) is 6.22. The van der Waals surface area contributed by atoms with Crippen molar-refractivity contribution in [2.45, 2.75) is 45.6 Å². The molecule has 1 unspecified atom stereocenters. The van der Waals surface area contributed by atoms with E-state index in [2.05, 4.69) is 29.1 Å². The van der Waals surface area contributed by atoms with Crippen molar-refractivity contribution >= 4 is 5.82 Å². The maximum Gasteiger partial charge on any atom is 0.218 e. The van der Waals surface area contributed by atoms with Gasteiger partial charge < -0.3 is 10.1 Å². The topological polar surface area (TPSA) is 47.0 Å². The van der Waals surface area contributed by atoms with Gasteiger partial charge in [0.2, 0.25) is 5.88 Å². The summed E-state index contributed by atoms with van der Waals surface area (Å²) in [6.07, 6.45) is 6.55. The van der Waals surface area contributed by atoms with E-state index >= 15 is 0 Å². The maximum atomic E-state index is 5.09. The fraction of sp³-hybridized carbons (Fsp3) is 0.692. The molecule has 1 atom stereocenters. The second kappa shape index (κ2) is 4.90. The van der Waals surface area contributed by atoms with Crippen LogP contribution in [0.3, 0.4) is 0 Å². The number of ether oxygens (including phenoxy) is 1. The highest BCUT2D eigenvalue weighted by molar-refractivity contribution is 5.38. The quantitative estimate of drug-likeness (QED) is 0.875. The lowest BCUT2D eigenvalue weighted by Gasteiger charge is -2.35. The molecule has 94 valence electrons. The maximum absolute atomic E-state index is 5.09. The average molecular weight is 235 g/mol. The third-order valence-corrected chi connectivity index (χ3v) is 3.41. The molecule has 0 aliphatic heterocycles. The standard InChI is InChI=1S/C13H21N3O/c1-13(2)6-4-5-10(8-13)16-11-7-12(17-3)15-9-14-11/h7,9-10H,4-6,8H2,1-3H3,(H,14,15,16). The number of nitrogens with zero attached hydrogens (tertiary/aromatic N) is 2. The van der Waals surface area contributed by atoms with E-state index in [9.17, 15) is 0 Å². The zero-order valence-corrected chi connectivity index (χ0v) is 10.9. The minimum absolute atomic E-state index is 0.438. The zero-order valence-electron chi connectivity index (χ0n) is 10.9. The number of rotatable bonds is 3. The number of hydrogen-bond acceptors (Lipinski definition) is 4. The van der Waals surface area contributed by atoms with Gasteiger partial charge in [0, 0.05) is 12.1 Å². The van der Waals surface area contributed by atoms with Crippen LogP contribution in [0.25, 0.3) is 0 Å². The Bertz CT molecular complexity index is 379. The molecule has 0 aromatic carbocycles. The van der Waals surface area contributed by atoms with Crippen molar-refractivity contribution in [1.82, 2.24) is 9.97 Å². The molecule has 1 aromatic heterocycles. The van der Waals surface area contributed by atoms with Gasteiger partial charge in [-0.2, -0.15) is 0 Å². The summed E-state index contributed by atoms with van der Waals surface area (Å²) in [6, 6.07) is 2.36. The smallest absolute Gasteiger partial charge is 0.218 e. The van der Waals surface area contributed by atoms with Crippen molar-refractivity contribution in [3.63, 3.8) is 0 Å². The minimum Gasteiger partial charge on any atom is -0.481 e. The lowest BCUT2D eigenvalue weighted by molar-refractivity contribution is 0.229. The van der Waals surface area contributed by atoms with Crippen LogP contribution >= 0.6 is 0 Å². The van der Waals surface area contributed by atoms with Crippen LogP contribution in [0.15, 0.2) is 12.4 Å². The Morgan fingerprint density at radius 2 is 2.24 bits per heavy atom. The molecular formula is C13H21N3O. The van der Waals surface area contributed by atoms with Crippen LogP contribution in [0.2, 0.25) is 0 Å². The van der Waals surface area contributed by atoms with Crippen LogP contribution in [0, 0.1) is 5.41 Å². The first-order valence-electron chi connectivity index (χ1n) is 6.22. The predicted molar refractivity (Wildman–Crippen MR) is 68.2 cm³/mol. The Hall–Kier alpha value is -1.32. The van der Waals surface area contributed by atoms with Crippen LogP contribution in [0.5, 0.6) is 5.88 Å². The Labute approximate surface area is 103 Å². The molecule has 1 heterocycles. The third-order valence-electron chi connectivity index (χ3n) is 3.41. The SMILES string of the molecule is COc1cc(NC2CCCC(C)(C)C2)ncn1. The Morgan fingerprint density at radius 3 is 2.94 bits per heavy atom. The monoisotopic (exact) mass is 235 g/mol. The van der Waals surface area contributed by atoms with Crippen LogP contribution in [-0.4, -0.2) is 23.1 Å². The highest BCUT2D eigenvalue weighted by Crippen LogP contribution is 2.36. The van der Waals surface area contributed by atoms with Crippen LogP contribution in [0.1, 0.15) is 39.5 Å². The first-order chi connectivity index (χ1) is 8.09. The zero-order chi connectivity index (χ0) is 12.3. The highest BCUT2D eigenvalue weighted by atomic mass is 16.5. The second-order valence-corrected chi connectivity index (χ2v) is 5.55. The number of hydrogen-bond donors (Lipinski definition) is 1. The molecule has 4 nitrogen and oxygen atoms in total. The summed E-state index contributed by atoms with van der Waals surface area (Å²) in [6.45, 7) is 4.67. The summed E-state index contributed by atoms with van der Waals surface area (Å²) >= 11 is 0. The van der Waals surface area contributed by atoms with Gasteiger partial charge in [0.15, 0.2) is 0 Å². The van der Waals surface area contributed by atoms with Gasteiger partial charge in [-0.3, -0.25) is 0 Å². The Morgan fingerprint density at radius 1 is 1.41 bits per heavy atom. The molecule has 17 heavy (non-hydrogen) atoms. The minimum atomic E-state index is 0.438.